The van der Waals surface area contributed by atoms with Gasteiger partial charge >= 0.3 is 0 Å². The van der Waals surface area contributed by atoms with E-state index in [9.17, 15) is 0 Å². The van der Waals surface area contributed by atoms with Gasteiger partial charge in [0.15, 0.2) is 0 Å². The van der Waals surface area contributed by atoms with Crippen LogP contribution in [0.5, 0.6) is 0 Å². The van der Waals surface area contributed by atoms with Crippen LogP contribution in [0, 0.1) is 0 Å². The molecule has 5 aromatic rings. The fraction of sp³-hybridized carbons (Fsp3) is 0.0370. The van der Waals surface area contributed by atoms with Crippen LogP contribution in [0.3, 0.4) is 0 Å². The van der Waals surface area contributed by atoms with Crippen molar-refractivity contribution < 1.29 is 0 Å². The quantitative estimate of drug-likeness (QED) is 0.359. The molecule has 0 spiro atoms. The van der Waals surface area contributed by atoms with Gasteiger partial charge in [0.1, 0.15) is 5.69 Å². The molecule has 0 N–H and O–H groups in total. The van der Waals surface area contributed by atoms with Gasteiger partial charge in [-0.15, -0.1) is 5.10 Å². The fourth-order valence-corrected chi connectivity index (χ4v) is 4.29. The van der Waals surface area contributed by atoms with Crippen molar-refractivity contribution >= 4 is 34.3 Å². The number of nitrogens with zero attached hydrogens (tertiary/aromatic N) is 4. The number of rotatable bonds is 3. The zero-order valence-electron chi connectivity index (χ0n) is 16.9. The summed E-state index contributed by atoms with van der Waals surface area (Å²) in [5.74, 6) is 0. The number of hydrogen-bond donors (Lipinski definition) is 0. The third kappa shape index (κ3) is 3.09. The monoisotopic (exact) mass is 400 g/mol. The predicted octanol–water partition coefficient (Wildman–Crippen LogP) is 6.24. The molecule has 4 nitrogen and oxygen atoms in total. The van der Waals surface area contributed by atoms with Crippen LogP contribution in [0.4, 0.5) is 11.4 Å². The summed E-state index contributed by atoms with van der Waals surface area (Å²) in [5, 5.41) is 11.3. The largest absolute Gasteiger partial charge is 0.334 e. The summed E-state index contributed by atoms with van der Waals surface area (Å²) in [5.41, 5.74) is 6.68. The second-order valence-electron chi connectivity index (χ2n) is 7.69. The van der Waals surface area contributed by atoms with Gasteiger partial charge in [0.25, 0.3) is 0 Å². The van der Waals surface area contributed by atoms with Crippen molar-refractivity contribution in [1.82, 2.24) is 15.0 Å². The highest BCUT2D eigenvalue weighted by Crippen LogP contribution is 2.37. The Bertz CT molecular complexity index is 1380. The Hall–Kier alpha value is -4.18. The van der Waals surface area contributed by atoms with Crippen molar-refractivity contribution in [1.29, 1.82) is 0 Å². The lowest BCUT2D eigenvalue weighted by Crippen LogP contribution is -2.18. The smallest absolute Gasteiger partial charge is 0.103 e. The first kappa shape index (κ1) is 17.7. The number of hydrogen-bond acceptors (Lipinski definition) is 3. The zero-order chi connectivity index (χ0) is 20.6. The molecule has 4 heteroatoms. The molecule has 0 aliphatic carbocycles. The Morgan fingerprint density at radius 1 is 0.613 bits per heavy atom. The van der Waals surface area contributed by atoms with Crippen LogP contribution in [0.15, 0.2) is 97.2 Å². The van der Waals surface area contributed by atoms with Gasteiger partial charge in [-0.1, -0.05) is 90.2 Å². The maximum Gasteiger partial charge on any atom is 0.103 e. The van der Waals surface area contributed by atoms with E-state index in [1.165, 1.54) is 27.9 Å². The van der Waals surface area contributed by atoms with E-state index >= 15 is 0 Å². The van der Waals surface area contributed by atoms with Crippen LogP contribution in [0.25, 0.3) is 28.6 Å². The molecule has 1 aliphatic heterocycles. The lowest BCUT2D eigenvalue weighted by atomic mass is 10.1. The molecule has 1 aromatic heterocycles. The highest BCUT2D eigenvalue weighted by atomic mass is 15.4. The Labute approximate surface area is 180 Å². The van der Waals surface area contributed by atoms with Crippen LogP contribution < -0.4 is 4.90 Å². The fourth-order valence-electron chi connectivity index (χ4n) is 4.29. The second kappa shape index (κ2) is 7.26. The third-order valence-electron chi connectivity index (χ3n) is 5.77. The van der Waals surface area contributed by atoms with Crippen molar-refractivity contribution in [3.63, 3.8) is 0 Å². The molecule has 4 aromatic carbocycles. The third-order valence-corrected chi connectivity index (χ3v) is 5.77. The Balaban J connectivity index is 1.42. The number of para-hydroxylation sites is 2. The lowest BCUT2D eigenvalue weighted by molar-refractivity contribution is 0.799. The van der Waals surface area contributed by atoms with Crippen LogP contribution in [0.2, 0.25) is 0 Å². The molecule has 0 radical (unpaired) electrons. The van der Waals surface area contributed by atoms with Gasteiger partial charge in [-0.2, -0.15) is 0 Å². The highest BCUT2D eigenvalue weighted by molar-refractivity contribution is 5.90. The minimum Gasteiger partial charge on any atom is -0.334 e. The van der Waals surface area contributed by atoms with Gasteiger partial charge in [0.2, 0.25) is 0 Å². The molecule has 2 heterocycles. The number of aromatic nitrogens is 3. The molecule has 0 amide bonds. The molecule has 0 atom stereocenters. The first-order chi connectivity index (χ1) is 15.4. The molecule has 0 unspecified atom stereocenters. The molecular formula is C27H20N4. The van der Waals surface area contributed by atoms with Gasteiger partial charge < -0.3 is 4.90 Å². The van der Waals surface area contributed by atoms with Gasteiger partial charge in [0, 0.05) is 16.8 Å². The van der Waals surface area contributed by atoms with Crippen molar-refractivity contribution in [2.75, 3.05) is 4.90 Å². The average Bonchev–Trinajstić information content (AvgIpc) is 3.23. The molecule has 1 aliphatic rings. The lowest BCUT2D eigenvalue weighted by Gasteiger charge is -2.26. The highest BCUT2D eigenvalue weighted by Gasteiger charge is 2.19. The molecule has 31 heavy (non-hydrogen) atoms. The first-order valence-corrected chi connectivity index (χ1v) is 10.4. The van der Waals surface area contributed by atoms with E-state index in [-0.39, 0.29) is 0 Å². The van der Waals surface area contributed by atoms with Crippen molar-refractivity contribution in [2.45, 2.75) is 6.54 Å². The van der Waals surface area contributed by atoms with Crippen molar-refractivity contribution in [2.24, 2.45) is 0 Å². The molecular weight excluding hydrogens is 380 g/mol. The van der Waals surface area contributed by atoms with E-state index in [4.69, 9.17) is 0 Å². The van der Waals surface area contributed by atoms with E-state index in [0.717, 1.165) is 16.8 Å². The minimum absolute atomic E-state index is 0.639. The first-order valence-electron chi connectivity index (χ1n) is 10.4. The van der Waals surface area contributed by atoms with E-state index in [2.05, 4.69) is 118 Å². The second-order valence-corrected chi connectivity index (χ2v) is 7.69. The molecule has 0 fully saturated rings. The maximum absolute atomic E-state index is 4.52. The van der Waals surface area contributed by atoms with Crippen LogP contribution >= 0.6 is 0 Å². The number of benzene rings is 4. The Kier molecular flexibility index (Phi) is 4.13. The summed E-state index contributed by atoms with van der Waals surface area (Å²) < 4.78 is 1.88. The number of fused-ring (bicyclic) bond motifs is 3. The van der Waals surface area contributed by atoms with Gasteiger partial charge in [-0.3, -0.25) is 0 Å². The summed E-state index contributed by atoms with van der Waals surface area (Å²) in [6.07, 6.45) is 6.40. The van der Waals surface area contributed by atoms with Crippen LogP contribution in [-0.4, -0.2) is 15.0 Å². The molecule has 148 valence electrons. The normalized spacial score (nSPS) is 12.5. The molecule has 6 rings (SSSR count). The molecule has 0 bridgehead atoms. The molecule has 0 saturated heterocycles. The summed E-state index contributed by atoms with van der Waals surface area (Å²) in [6, 6.07) is 31.6. The summed E-state index contributed by atoms with van der Waals surface area (Å²) in [6.45, 7) is 0.639. The molecule has 0 saturated carbocycles. The van der Waals surface area contributed by atoms with E-state index in [0.29, 0.717) is 6.54 Å². The minimum atomic E-state index is 0.639. The summed E-state index contributed by atoms with van der Waals surface area (Å²) >= 11 is 0. The van der Waals surface area contributed by atoms with E-state index < -0.39 is 0 Å². The van der Waals surface area contributed by atoms with Gasteiger partial charge in [0.05, 0.1) is 18.4 Å². The summed E-state index contributed by atoms with van der Waals surface area (Å²) in [7, 11) is 0. The van der Waals surface area contributed by atoms with Crippen molar-refractivity contribution in [3.05, 3.63) is 114 Å². The van der Waals surface area contributed by atoms with E-state index in [1.54, 1.807) is 0 Å². The van der Waals surface area contributed by atoms with Crippen LogP contribution in [-0.2, 0) is 6.54 Å². The topological polar surface area (TPSA) is 34.0 Å². The maximum atomic E-state index is 4.52. The van der Waals surface area contributed by atoms with E-state index in [1.807, 2.05) is 10.9 Å². The zero-order valence-corrected chi connectivity index (χ0v) is 16.9. The average molecular weight is 400 g/mol. The standard InChI is InChI=1S/C27H20N4/c1-4-12-24-20(8-1)11-7-15-27(24)31-19-23(28-29-31)18-30-25-13-5-2-9-21(25)16-17-22-10-3-6-14-26(22)30/h1-17,19H,18H2. The van der Waals surface area contributed by atoms with Gasteiger partial charge in [-0.05, 0) is 34.7 Å². The number of anilines is 2. The van der Waals surface area contributed by atoms with Gasteiger partial charge in [-0.25, -0.2) is 4.68 Å². The summed E-state index contributed by atoms with van der Waals surface area (Å²) in [4.78, 5) is 2.32. The predicted molar refractivity (Wildman–Crippen MR) is 127 cm³/mol. The van der Waals surface area contributed by atoms with Crippen molar-refractivity contribution in [3.8, 4) is 5.69 Å². The van der Waals surface area contributed by atoms with Crippen LogP contribution in [0.1, 0.15) is 16.8 Å². The Morgan fingerprint density at radius 2 is 1.23 bits per heavy atom. The SMILES string of the molecule is C1=Cc2ccccc2N(Cc2cn(-c3cccc4ccccc34)nn2)c2ccccc21. The Morgan fingerprint density at radius 3 is 2.00 bits per heavy atom.